The van der Waals surface area contributed by atoms with Gasteiger partial charge in [0, 0.05) is 4.47 Å². The molecule has 1 rings (SSSR count). The van der Waals surface area contributed by atoms with Gasteiger partial charge in [-0.3, -0.25) is 4.79 Å². The van der Waals surface area contributed by atoms with Crippen LogP contribution in [0.2, 0.25) is 0 Å². The van der Waals surface area contributed by atoms with Crippen molar-refractivity contribution in [3.8, 4) is 0 Å². The lowest BCUT2D eigenvalue weighted by molar-refractivity contribution is -0.125. The Kier molecular flexibility index (Phi) is 5.08. The van der Waals surface area contributed by atoms with Crippen LogP contribution in [-0.2, 0) is 9.53 Å². The normalized spacial score (nSPS) is 11.2. The van der Waals surface area contributed by atoms with E-state index in [1.165, 1.54) is 12.1 Å². The van der Waals surface area contributed by atoms with E-state index in [-0.39, 0.29) is 18.1 Å². The van der Waals surface area contributed by atoms with Gasteiger partial charge >= 0.3 is 5.97 Å². The third-order valence-electron chi connectivity index (χ3n) is 2.12. The number of anilines is 1. The Morgan fingerprint density at radius 2 is 2.00 bits per heavy atom. The summed E-state index contributed by atoms with van der Waals surface area (Å²) >= 11 is 3.25. The molecule has 0 aromatic heterocycles. The van der Waals surface area contributed by atoms with Crippen LogP contribution in [0.25, 0.3) is 0 Å². The fourth-order valence-electron chi connectivity index (χ4n) is 1.22. The Morgan fingerprint density at radius 1 is 1.37 bits per heavy atom. The van der Waals surface area contributed by atoms with Crippen LogP contribution in [0.15, 0.2) is 22.7 Å². The molecule has 19 heavy (non-hydrogen) atoms. The standard InChI is InChI=1S/C13H16BrNO4/c1-13(2,3)19-7-11(16)15-10-6-8(12(17)18)4-5-9(10)14/h4-6H,7H2,1-3H3,(H,15,16)(H,17,18). The van der Waals surface area contributed by atoms with Gasteiger partial charge < -0.3 is 15.2 Å². The molecule has 0 saturated heterocycles. The summed E-state index contributed by atoms with van der Waals surface area (Å²) in [7, 11) is 0. The highest BCUT2D eigenvalue weighted by Gasteiger charge is 2.14. The highest BCUT2D eigenvalue weighted by molar-refractivity contribution is 9.10. The number of amides is 1. The summed E-state index contributed by atoms with van der Waals surface area (Å²) in [5.41, 5.74) is 0.106. The Morgan fingerprint density at radius 3 is 2.53 bits per heavy atom. The van der Waals surface area contributed by atoms with Crippen molar-refractivity contribution in [2.45, 2.75) is 26.4 Å². The Bertz CT molecular complexity index is 494. The van der Waals surface area contributed by atoms with Crippen LogP contribution in [0.1, 0.15) is 31.1 Å². The molecule has 0 fully saturated rings. The van der Waals surface area contributed by atoms with Crippen molar-refractivity contribution in [1.82, 2.24) is 0 Å². The first-order valence-corrected chi connectivity index (χ1v) is 6.45. The topological polar surface area (TPSA) is 75.6 Å². The predicted octanol–water partition coefficient (Wildman–Crippen LogP) is 2.90. The number of carboxylic acid groups (broad SMARTS) is 1. The fraction of sp³-hybridized carbons (Fsp3) is 0.385. The number of carboxylic acids is 1. The fourth-order valence-corrected chi connectivity index (χ4v) is 1.57. The van der Waals surface area contributed by atoms with Gasteiger partial charge in [0.15, 0.2) is 0 Å². The average molecular weight is 330 g/mol. The van der Waals surface area contributed by atoms with Crippen molar-refractivity contribution in [3.63, 3.8) is 0 Å². The van der Waals surface area contributed by atoms with Gasteiger partial charge in [-0.2, -0.15) is 0 Å². The number of hydrogen-bond acceptors (Lipinski definition) is 3. The van der Waals surface area contributed by atoms with Crippen molar-refractivity contribution in [3.05, 3.63) is 28.2 Å². The summed E-state index contributed by atoms with van der Waals surface area (Å²) in [6.45, 7) is 5.46. The lowest BCUT2D eigenvalue weighted by atomic mass is 10.2. The maximum absolute atomic E-state index is 11.7. The van der Waals surface area contributed by atoms with Crippen LogP contribution in [0.3, 0.4) is 0 Å². The van der Waals surface area contributed by atoms with Gasteiger partial charge in [0.2, 0.25) is 5.91 Å². The number of halogens is 1. The van der Waals surface area contributed by atoms with E-state index < -0.39 is 11.6 Å². The molecule has 6 heteroatoms. The molecule has 0 aliphatic carbocycles. The van der Waals surface area contributed by atoms with Crippen molar-refractivity contribution < 1.29 is 19.4 Å². The molecule has 0 saturated carbocycles. The summed E-state index contributed by atoms with van der Waals surface area (Å²) in [4.78, 5) is 22.5. The number of aromatic carboxylic acids is 1. The molecular weight excluding hydrogens is 314 g/mol. The Labute approximate surface area is 120 Å². The van der Waals surface area contributed by atoms with Crippen molar-refractivity contribution in [2.24, 2.45) is 0 Å². The summed E-state index contributed by atoms with van der Waals surface area (Å²) in [5.74, 6) is -1.38. The van der Waals surface area contributed by atoms with E-state index in [0.717, 1.165) is 0 Å². The van der Waals surface area contributed by atoms with Crippen LogP contribution in [-0.4, -0.2) is 29.2 Å². The minimum Gasteiger partial charge on any atom is -0.478 e. The molecule has 0 radical (unpaired) electrons. The third-order valence-corrected chi connectivity index (χ3v) is 2.82. The Hall–Kier alpha value is -1.40. The second-order valence-corrected chi connectivity index (χ2v) is 5.80. The van der Waals surface area contributed by atoms with Gasteiger partial charge in [-0.1, -0.05) is 0 Å². The van der Waals surface area contributed by atoms with Crippen LogP contribution < -0.4 is 5.32 Å². The molecule has 0 unspecified atom stereocenters. The van der Waals surface area contributed by atoms with Crippen LogP contribution >= 0.6 is 15.9 Å². The number of carbonyl (C=O) groups excluding carboxylic acids is 1. The largest absolute Gasteiger partial charge is 0.478 e. The zero-order valence-electron chi connectivity index (χ0n) is 11.0. The minimum absolute atomic E-state index is 0.0900. The summed E-state index contributed by atoms with van der Waals surface area (Å²) < 4.78 is 5.95. The molecule has 2 N–H and O–H groups in total. The van der Waals surface area contributed by atoms with Crippen molar-refractivity contribution in [2.75, 3.05) is 11.9 Å². The number of carbonyl (C=O) groups is 2. The molecule has 0 bridgehead atoms. The summed E-state index contributed by atoms with van der Waals surface area (Å²) in [5, 5.41) is 11.5. The highest BCUT2D eigenvalue weighted by atomic mass is 79.9. The molecule has 1 aromatic rings. The average Bonchev–Trinajstić information content (AvgIpc) is 2.28. The second-order valence-electron chi connectivity index (χ2n) is 4.95. The zero-order valence-corrected chi connectivity index (χ0v) is 12.6. The van der Waals surface area contributed by atoms with Gasteiger partial charge in [0.1, 0.15) is 6.61 Å². The predicted molar refractivity (Wildman–Crippen MR) is 75.4 cm³/mol. The van der Waals surface area contributed by atoms with Gasteiger partial charge in [-0.15, -0.1) is 0 Å². The molecule has 104 valence electrons. The maximum atomic E-state index is 11.7. The molecule has 1 aromatic carbocycles. The first-order valence-electron chi connectivity index (χ1n) is 5.66. The zero-order chi connectivity index (χ0) is 14.6. The molecule has 0 atom stereocenters. The van der Waals surface area contributed by atoms with E-state index in [2.05, 4.69) is 21.2 Å². The second kappa shape index (κ2) is 6.16. The van der Waals surface area contributed by atoms with Gasteiger partial charge in [0.25, 0.3) is 0 Å². The third kappa shape index (κ3) is 5.40. The Balaban J connectivity index is 2.73. The number of hydrogen-bond donors (Lipinski definition) is 2. The van der Waals surface area contributed by atoms with E-state index in [1.54, 1.807) is 6.07 Å². The molecular formula is C13H16BrNO4. The molecule has 0 heterocycles. The summed E-state index contributed by atoms with van der Waals surface area (Å²) in [6.07, 6.45) is 0. The molecule has 0 spiro atoms. The van der Waals surface area contributed by atoms with E-state index >= 15 is 0 Å². The molecule has 0 aliphatic rings. The first-order chi connectivity index (χ1) is 8.69. The monoisotopic (exact) mass is 329 g/mol. The van der Waals surface area contributed by atoms with Crippen molar-refractivity contribution in [1.29, 1.82) is 0 Å². The molecule has 1 amide bonds. The number of benzene rings is 1. The van der Waals surface area contributed by atoms with Crippen molar-refractivity contribution >= 4 is 33.5 Å². The van der Waals surface area contributed by atoms with E-state index in [0.29, 0.717) is 10.2 Å². The van der Waals surface area contributed by atoms with E-state index in [4.69, 9.17) is 9.84 Å². The number of nitrogens with one attached hydrogen (secondary N) is 1. The molecule has 0 aliphatic heterocycles. The first kappa shape index (κ1) is 15.7. The van der Waals surface area contributed by atoms with Crippen LogP contribution in [0, 0.1) is 0 Å². The lowest BCUT2D eigenvalue weighted by Crippen LogP contribution is -2.27. The van der Waals surface area contributed by atoms with E-state index in [1.807, 2.05) is 20.8 Å². The highest BCUT2D eigenvalue weighted by Crippen LogP contribution is 2.23. The number of rotatable bonds is 4. The van der Waals surface area contributed by atoms with Gasteiger partial charge in [-0.25, -0.2) is 4.79 Å². The number of ether oxygens (including phenoxy) is 1. The van der Waals surface area contributed by atoms with Gasteiger partial charge in [-0.05, 0) is 54.9 Å². The maximum Gasteiger partial charge on any atom is 0.335 e. The summed E-state index contributed by atoms with van der Waals surface area (Å²) in [6, 6.07) is 4.42. The SMILES string of the molecule is CC(C)(C)OCC(=O)Nc1cc(C(=O)O)ccc1Br. The molecule has 5 nitrogen and oxygen atoms in total. The quantitative estimate of drug-likeness (QED) is 0.890. The van der Waals surface area contributed by atoms with E-state index in [9.17, 15) is 9.59 Å². The minimum atomic E-state index is -1.05. The van der Waals surface area contributed by atoms with Crippen LogP contribution in [0.5, 0.6) is 0 Å². The van der Waals surface area contributed by atoms with Crippen LogP contribution in [0.4, 0.5) is 5.69 Å². The van der Waals surface area contributed by atoms with Gasteiger partial charge in [0.05, 0.1) is 16.9 Å². The smallest absolute Gasteiger partial charge is 0.335 e. The lowest BCUT2D eigenvalue weighted by Gasteiger charge is -2.19.